The molecule has 0 unspecified atom stereocenters. The molecule has 0 spiro atoms. The van der Waals surface area contributed by atoms with E-state index >= 15 is 0 Å². The van der Waals surface area contributed by atoms with Gasteiger partial charge in [0.25, 0.3) is 5.56 Å². The molecule has 8 nitrogen and oxygen atoms in total. The molecule has 2 aromatic rings. The Kier molecular flexibility index (Phi) is 2.86. The van der Waals surface area contributed by atoms with E-state index < -0.39 is 24.3 Å². The molecule has 0 aliphatic carbocycles. The van der Waals surface area contributed by atoms with Gasteiger partial charge in [-0.15, -0.1) is 0 Å². The number of quaternary nitrogens is 1. The molecule has 0 aromatic carbocycles. The third-order valence-corrected chi connectivity index (χ3v) is 3.68. The highest BCUT2D eigenvalue weighted by atomic mass is 16.3. The van der Waals surface area contributed by atoms with Crippen molar-refractivity contribution in [1.29, 1.82) is 0 Å². The highest BCUT2D eigenvalue weighted by Gasteiger charge is 2.46. The van der Waals surface area contributed by atoms with E-state index in [9.17, 15) is 15.0 Å². The number of rotatable bonds is 2. The molecule has 4 atom stereocenters. The van der Waals surface area contributed by atoms with E-state index in [0.29, 0.717) is 16.6 Å². The maximum atomic E-state index is 11.6. The number of fused-ring (bicyclic) bond motifs is 1. The van der Waals surface area contributed by atoms with Gasteiger partial charge in [0.2, 0.25) is 0 Å². The molecule has 1 saturated heterocycles. The fourth-order valence-corrected chi connectivity index (χ4v) is 2.64. The molecule has 0 radical (unpaired) electrons. The molecule has 8 heteroatoms. The predicted molar refractivity (Wildman–Crippen MR) is 64.3 cm³/mol. The summed E-state index contributed by atoms with van der Waals surface area (Å²) in [6.07, 6.45) is 0.867. The van der Waals surface area contributed by atoms with Crippen LogP contribution in [0.15, 0.2) is 17.3 Å². The second-order valence-electron chi connectivity index (χ2n) is 4.75. The van der Waals surface area contributed by atoms with Gasteiger partial charge >= 0.3 is 0 Å². The minimum Gasteiger partial charge on any atom is -0.390 e. The first kappa shape index (κ1) is 12.3. The van der Waals surface area contributed by atoms with Crippen molar-refractivity contribution in [3.8, 4) is 0 Å². The van der Waals surface area contributed by atoms with Gasteiger partial charge < -0.3 is 30.6 Å². The van der Waals surface area contributed by atoms with Crippen molar-refractivity contribution in [2.24, 2.45) is 0 Å². The fourth-order valence-electron chi connectivity index (χ4n) is 2.64. The zero-order valence-corrected chi connectivity index (χ0v) is 9.95. The molecule has 3 heterocycles. The Labute approximate surface area is 107 Å². The SMILES string of the molecule is O=c1[nH]cnc2c([C@H]3[NH2+][C@@H](CO)[C@H](O)[C@@H]3O)c[nH]c12. The quantitative estimate of drug-likeness (QED) is 0.343. The Hall–Kier alpha value is -1.74. The van der Waals surface area contributed by atoms with Crippen molar-refractivity contribution < 1.29 is 20.6 Å². The van der Waals surface area contributed by atoms with Crippen molar-refractivity contribution >= 4 is 11.0 Å². The molecule has 3 rings (SSSR count). The minimum atomic E-state index is -1.02. The van der Waals surface area contributed by atoms with Crippen molar-refractivity contribution in [2.45, 2.75) is 24.3 Å². The Morgan fingerprint density at radius 1 is 1.32 bits per heavy atom. The van der Waals surface area contributed by atoms with Gasteiger partial charge in [0.1, 0.15) is 35.3 Å². The van der Waals surface area contributed by atoms with Crippen LogP contribution in [-0.2, 0) is 0 Å². The third-order valence-electron chi connectivity index (χ3n) is 3.68. The van der Waals surface area contributed by atoms with Gasteiger partial charge in [-0.1, -0.05) is 0 Å². The van der Waals surface area contributed by atoms with E-state index in [4.69, 9.17) is 5.11 Å². The topological polar surface area (TPSA) is 139 Å². The van der Waals surface area contributed by atoms with Crippen LogP contribution in [0.2, 0.25) is 0 Å². The molecular formula is C11H15N4O4+. The van der Waals surface area contributed by atoms with E-state index in [1.165, 1.54) is 6.33 Å². The first-order valence-corrected chi connectivity index (χ1v) is 6.00. The number of H-pyrrole nitrogens is 2. The molecule has 0 saturated carbocycles. The molecule has 0 bridgehead atoms. The van der Waals surface area contributed by atoms with Gasteiger partial charge in [-0.25, -0.2) is 4.98 Å². The predicted octanol–water partition coefficient (Wildman–Crippen LogP) is -3.05. The molecule has 0 amide bonds. The number of aromatic amines is 2. The van der Waals surface area contributed by atoms with Gasteiger partial charge in [-0.05, 0) is 0 Å². The lowest BCUT2D eigenvalue weighted by Gasteiger charge is -2.10. The number of aliphatic hydroxyl groups excluding tert-OH is 3. The third kappa shape index (κ3) is 1.77. The summed E-state index contributed by atoms with van der Waals surface area (Å²) in [6, 6.07) is -0.942. The van der Waals surface area contributed by atoms with E-state index in [1.807, 2.05) is 0 Å². The lowest BCUT2D eigenvalue weighted by atomic mass is 10.0. The summed E-state index contributed by atoms with van der Waals surface area (Å²) in [4.78, 5) is 21.0. The number of hydrogen-bond donors (Lipinski definition) is 6. The summed E-state index contributed by atoms with van der Waals surface area (Å²) >= 11 is 0. The van der Waals surface area contributed by atoms with Crippen molar-refractivity contribution in [2.75, 3.05) is 6.61 Å². The minimum absolute atomic E-state index is 0.231. The summed E-state index contributed by atoms with van der Waals surface area (Å²) < 4.78 is 0. The molecule has 19 heavy (non-hydrogen) atoms. The second-order valence-corrected chi connectivity index (χ2v) is 4.75. The van der Waals surface area contributed by atoms with Crippen molar-refractivity contribution in [3.05, 3.63) is 28.4 Å². The van der Waals surface area contributed by atoms with Crippen LogP contribution < -0.4 is 10.9 Å². The summed E-state index contributed by atoms with van der Waals surface area (Å²) in [6.45, 7) is -0.231. The maximum absolute atomic E-state index is 11.6. The summed E-state index contributed by atoms with van der Waals surface area (Å²) in [5, 5.41) is 30.7. The van der Waals surface area contributed by atoms with Crippen molar-refractivity contribution in [1.82, 2.24) is 15.0 Å². The Morgan fingerprint density at radius 2 is 2.11 bits per heavy atom. The number of aromatic nitrogens is 3. The standard InChI is InChI=1S/C11H14N4O4/c16-2-5-9(17)10(18)7(15-5)4-1-12-8-6(4)13-3-14-11(8)19/h1,3,5,7,9-10,12,15-18H,2H2,(H,13,14,19)/p+1/t5-,7+,9-,10+/m0/s1. The summed E-state index contributed by atoms with van der Waals surface area (Å²) in [5.74, 6) is 0. The van der Waals surface area contributed by atoms with E-state index in [0.717, 1.165) is 0 Å². The molecule has 1 aliphatic rings. The van der Waals surface area contributed by atoms with Crippen LogP contribution in [0.1, 0.15) is 11.6 Å². The molecule has 102 valence electrons. The largest absolute Gasteiger partial charge is 0.390 e. The van der Waals surface area contributed by atoms with Crippen LogP contribution in [0.4, 0.5) is 0 Å². The second kappa shape index (κ2) is 4.42. The normalized spacial score (nSPS) is 31.1. The molecule has 1 aliphatic heterocycles. The smallest absolute Gasteiger partial charge is 0.275 e. The first-order valence-electron chi connectivity index (χ1n) is 6.00. The zero-order valence-electron chi connectivity index (χ0n) is 9.95. The Balaban J connectivity index is 2.06. The number of aliphatic hydroxyl groups is 3. The van der Waals surface area contributed by atoms with Crippen LogP contribution in [0, 0.1) is 0 Å². The van der Waals surface area contributed by atoms with Crippen molar-refractivity contribution in [3.63, 3.8) is 0 Å². The van der Waals surface area contributed by atoms with E-state index in [-0.39, 0.29) is 12.2 Å². The lowest BCUT2D eigenvalue weighted by Crippen LogP contribution is -2.89. The monoisotopic (exact) mass is 267 g/mol. The zero-order chi connectivity index (χ0) is 13.6. The van der Waals surface area contributed by atoms with Crippen LogP contribution >= 0.6 is 0 Å². The lowest BCUT2D eigenvalue weighted by molar-refractivity contribution is -0.713. The van der Waals surface area contributed by atoms with Gasteiger partial charge in [0.05, 0.1) is 18.5 Å². The highest BCUT2D eigenvalue weighted by molar-refractivity contribution is 5.78. The van der Waals surface area contributed by atoms with Gasteiger partial charge in [0, 0.05) is 6.20 Å². The summed E-state index contributed by atoms with van der Waals surface area (Å²) in [5.41, 5.74) is 1.15. The van der Waals surface area contributed by atoms with Crippen LogP contribution in [0.5, 0.6) is 0 Å². The van der Waals surface area contributed by atoms with Gasteiger partial charge in [0.15, 0.2) is 0 Å². The number of nitrogens with zero attached hydrogens (tertiary/aromatic N) is 1. The number of hydrogen-bond acceptors (Lipinski definition) is 5. The Morgan fingerprint density at radius 3 is 2.79 bits per heavy atom. The van der Waals surface area contributed by atoms with Crippen LogP contribution in [0.25, 0.3) is 11.0 Å². The highest BCUT2D eigenvalue weighted by Crippen LogP contribution is 2.25. The Bertz CT molecular complexity index is 651. The van der Waals surface area contributed by atoms with Crippen LogP contribution in [-0.4, -0.2) is 55.1 Å². The van der Waals surface area contributed by atoms with E-state index in [1.54, 1.807) is 11.5 Å². The van der Waals surface area contributed by atoms with Crippen LogP contribution in [0.3, 0.4) is 0 Å². The summed E-state index contributed by atoms with van der Waals surface area (Å²) in [7, 11) is 0. The molecule has 1 fully saturated rings. The maximum Gasteiger partial charge on any atom is 0.275 e. The first-order chi connectivity index (χ1) is 9.13. The molecular weight excluding hydrogens is 252 g/mol. The molecule has 2 aromatic heterocycles. The molecule has 7 N–H and O–H groups in total. The average molecular weight is 267 g/mol. The van der Waals surface area contributed by atoms with Gasteiger partial charge in [-0.2, -0.15) is 0 Å². The van der Waals surface area contributed by atoms with Gasteiger partial charge in [-0.3, -0.25) is 4.79 Å². The number of nitrogens with one attached hydrogen (secondary N) is 2. The number of nitrogens with two attached hydrogens (primary N) is 1. The fraction of sp³-hybridized carbons (Fsp3) is 0.455. The average Bonchev–Trinajstić information content (AvgIpc) is 2.94. The van der Waals surface area contributed by atoms with E-state index in [2.05, 4.69) is 15.0 Å².